The Morgan fingerprint density at radius 3 is 2.73 bits per heavy atom. The van der Waals surface area contributed by atoms with Gasteiger partial charge >= 0.3 is 11.6 Å². The molecule has 4 aromatic rings. The highest BCUT2D eigenvalue weighted by atomic mass is 79.9. The van der Waals surface area contributed by atoms with Gasteiger partial charge < -0.3 is 14.5 Å². The van der Waals surface area contributed by atoms with E-state index in [0.717, 1.165) is 4.47 Å². The smallest absolute Gasteiger partial charge is 0.338 e. The molecule has 0 bridgehead atoms. The van der Waals surface area contributed by atoms with E-state index in [2.05, 4.69) is 21.2 Å². The zero-order valence-electron chi connectivity index (χ0n) is 15.4. The van der Waals surface area contributed by atoms with E-state index in [-0.39, 0.29) is 18.1 Å². The number of hydrogen-bond donors (Lipinski definition) is 1. The Morgan fingerprint density at radius 2 is 1.93 bits per heavy atom. The van der Waals surface area contributed by atoms with Crippen molar-refractivity contribution in [3.8, 4) is 0 Å². The second kappa shape index (κ2) is 8.64. The van der Waals surface area contributed by atoms with Gasteiger partial charge in [-0.1, -0.05) is 28.1 Å². The molecule has 30 heavy (non-hydrogen) atoms. The minimum atomic E-state index is -0.569. The van der Waals surface area contributed by atoms with Gasteiger partial charge in [0, 0.05) is 27.2 Å². The van der Waals surface area contributed by atoms with E-state index >= 15 is 0 Å². The number of benzene rings is 2. The molecule has 1 amide bonds. The molecule has 0 aliphatic carbocycles. The van der Waals surface area contributed by atoms with E-state index in [1.165, 1.54) is 17.4 Å². The molecule has 0 unspecified atom stereocenters. The summed E-state index contributed by atoms with van der Waals surface area (Å²) in [6, 6.07) is 16.6. The average molecular weight is 484 g/mol. The van der Waals surface area contributed by atoms with Crippen LogP contribution in [0.15, 0.2) is 79.7 Å². The molecule has 6 nitrogen and oxygen atoms in total. The van der Waals surface area contributed by atoms with Crippen molar-refractivity contribution in [1.82, 2.24) is 0 Å². The molecule has 0 radical (unpaired) electrons. The summed E-state index contributed by atoms with van der Waals surface area (Å²) in [4.78, 5) is 37.1. The normalized spacial score (nSPS) is 10.7. The molecule has 0 fully saturated rings. The van der Waals surface area contributed by atoms with E-state index in [1.807, 2.05) is 11.4 Å². The van der Waals surface area contributed by atoms with Crippen molar-refractivity contribution in [3.63, 3.8) is 0 Å². The summed E-state index contributed by atoms with van der Waals surface area (Å²) >= 11 is 4.66. The number of amides is 1. The molecular weight excluding hydrogens is 470 g/mol. The Labute approximate surface area is 183 Å². The van der Waals surface area contributed by atoms with Gasteiger partial charge in [0.25, 0.3) is 5.91 Å². The Bertz CT molecular complexity index is 1300. The topological polar surface area (TPSA) is 85.6 Å². The number of rotatable bonds is 5. The maximum atomic E-state index is 12.5. The standard InChI is InChI=1S/C22H14BrNO5S/c23-15-6-7-17-14(10-20(25)29-18(17)11-15)12-28-22(27)13-3-1-4-16(9-13)24-21(26)19-5-2-8-30-19/h1-11H,12H2,(H,24,26). The molecule has 2 aromatic carbocycles. The number of thiophene rings is 1. The van der Waals surface area contributed by atoms with Gasteiger partial charge in [-0.15, -0.1) is 11.3 Å². The number of hydrogen-bond acceptors (Lipinski definition) is 6. The van der Waals surface area contributed by atoms with Gasteiger partial charge in [0.2, 0.25) is 0 Å². The predicted molar refractivity (Wildman–Crippen MR) is 118 cm³/mol. The summed E-state index contributed by atoms with van der Waals surface area (Å²) in [5.74, 6) is -0.815. The van der Waals surface area contributed by atoms with Crippen LogP contribution in [0.5, 0.6) is 0 Å². The highest BCUT2D eigenvalue weighted by molar-refractivity contribution is 9.10. The number of nitrogens with one attached hydrogen (secondary N) is 1. The van der Waals surface area contributed by atoms with Crippen LogP contribution >= 0.6 is 27.3 Å². The first-order chi connectivity index (χ1) is 14.5. The Balaban J connectivity index is 1.49. The quantitative estimate of drug-likeness (QED) is 0.310. The number of halogens is 1. The SMILES string of the molecule is O=C(OCc1cc(=O)oc2cc(Br)ccc12)c1cccc(NC(=O)c2cccs2)c1. The van der Waals surface area contributed by atoms with Gasteiger partial charge in [0.1, 0.15) is 12.2 Å². The summed E-state index contributed by atoms with van der Waals surface area (Å²) in [6.07, 6.45) is 0. The van der Waals surface area contributed by atoms with Crippen molar-refractivity contribution < 1.29 is 18.7 Å². The lowest BCUT2D eigenvalue weighted by Crippen LogP contribution is -2.11. The van der Waals surface area contributed by atoms with Crippen LogP contribution < -0.4 is 10.9 Å². The molecule has 0 saturated carbocycles. The van der Waals surface area contributed by atoms with Crippen LogP contribution in [0.2, 0.25) is 0 Å². The lowest BCUT2D eigenvalue weighted by Gasteiger charge is -2.09. The van der Waals surface area contributed by atoms with Crippen molar-refractivity contribution in [2.75, 3.05) is 5.32 Å². The van der Waals surface area contributed by atoms with E-state index < -0.39 is 11.6 Å². The van der Waals surface area contributed by atoms with Gasteiger partial charge in [-0.2, -0.15) is 0 Å². The van der Waals surface area contributed by atoms with Crippen molar-refractivity contribution in [2.24, 2.45) is 0 Å². The maximum absolute atomic E-state index is 12.5. The van der Waals surface area contributed by atoms with Gasteiger partial charge in [0.15, 0.2) is 0 Å². The fourth-order valence-electron chi connectivity index (χ4n) is 2.87. The van der Waals surface area contributed by atoms with Gasteiger partial charge in [-0.25, -0.2) is 9.59 Å². The summed E-state index contributed by atoms with van der Waals surface area (Å²) in [5.41, 5.74) is 1.20. The molecule has 4 rings (SSSR count). The van der Waals surface area contributed by atoms with Crippen LogP contribution in [-0.2, 0) is 11.3 Å². The molecule has 0 atom stereocenters. The predicted octanol–water partition coefficient (Wildman–Crippen LogP) is 5.23. The van der Waals surface area contributed by atoms with Gasteiger partial charge in [0.05, 0.1) is 10.4 Å². The summed E-state index contributed by atoms with van der Waals surface area (Å²) in [6.45, 7) is -0.0889. The van der Waals surface area contributed by atoms with Crippen molar-refractivity contribution in [2.45, 2.75) is 6.61 Å². The molecule has 8 heteroatoms. The van der Waals surface area contributed by atoms with Crippen LogP contribution in [0.4, 0.5) is 5.69 Å². The summed E-state index contributed by atoms with van der Waals surface area (Å²) in [5, 5.41) is 5.25. The number of carbonyl (C=O) groups excluding carboxylic acids is 2. The second-order valence-electron chi connectivity index (χ2n) is 6.32. The largest absolute Gasteiger partial charge is 0.457 e. The molecule has 2 heterocycles. The Kier molecular flexibility index (Phi) is 5.78. The molecule has 2 aromatic heterocycles. The highest BCUT2D eigenvalue weighted by Gasteiger charge is 2.13. The average Bonchev–Trinajstić information content (AvgIpc) is 3.26. The maximum Gasteiger partial charge on any atom is 0.338 e. The van der Waals surface area contributed by atoms with Crippen molar-refractivity contribution in [3.05, 3.63) is 96.9 Å². The molecular formula is C22H14BrNO5S. The number of fused-ring (bicyclic) bond motifs is 1. The molecule has 0 aliphatic rings. The molecule has 0 aliphatic heterocycles. The Morgan fingerprint density at radius 1 is 1.07 bits per heavy atom. The third-order valence-corrected chi connectivity index (χ3v) is 5.61. The minimum Gasteiger partial charge on any atom is -0.457 e. The number of anilines is 1. The molecule has 1 N–H and O–H groups in total. The van der Waals surface area contributed by atoms with E-state index in [1.54, 1.807) is 48.5 Å². The van der Waals surface area contributed by atoms with Crippen LogP contribution in [-0.4, -0.2) is 11.9 Å². The van der Waals surface area contributed by atoms with Gasteiger partial charge in [-0.05, 0) is 47.8 Å². The fraction of sp³-hybridized carbons (Fsp3) is 0.0455. The van der Waals surface area contributed by atoms with Gasteiger partial charge in [-0.3, -0.25) is 4.79 Å². The minimum absolute atomic E-state index is 0.0889. The van der Waals surface area contributed by atoms with Crippen LogP contribution in [0.3, 0.4) is 0 Å². The zero-order valence-corrected chi connectivity index (χ0v) is 17.8. The highest BCUT2D eigenvalue weighted by Crippen LogP contribution is 2.23. The van der Waals surface area contributed by atoms with E-state index in [0.29, 0.717) is 27.1 Å². The first-order valence-corrected chi connectivity index (χ1v) is 10.5. The summed E-state index contributed by atoms with van der Waals surface area (Å²) < 4.78 is 11.4. The second-order valence-corrected chi connectivity index (χ2v) is 8.18. The lowest BCUT2D eigenvalue weighted by atomic mass is 10.1. The fourth-order valence-corrected chi connectivity index (χ4v) is 3.83. The molecule has 0 spiro atoms. The van der Waals surface area contributed by atoms with E-state index in [9.17, 15) is 14.4 Å². The first kappa shape index (κ1) is 20.1. The van der Waals surface area contributed by atoms with Crippen LogP contribution in [0, 0.1) is 0 Å². The first-order valence-electron chi connectivity index (χ1n) is 8.84. The Hall–Kier alpha value is -3.23. The number of carbonyl (C=O) groups is 2. The number of ether oxygens (including phenoxy) is 1. The molecule has 0 saturated heterocycles. The molecule has 150 valence electrons. The lowest BCUT2D eigenvalue weighted by molar-refractivity contribution is 0.0473. The van der Waals surface area contributed by atoms with Crippen molar-refractivity contribution >= 4 is 55.8 Å². The summed E-state index contributed by atoms with van der Waals surface area (Å²) in [7, 11) is 0. The van der Waals surface area contributed by atoms with E-state index in [4.69, 9.17) is 9.15 Å². The van der Waals surface area contributed by atoms with Crippen molar-refractivity contribution in [1.29, 1.82) is 0 Å². The monoisotopic (exact) mass is 483 g/mol. The number of esters is 1. The third-order valence-electron chi connectivity index (χ3n) is 4.25. The van der Waals surface area contributed by atoms with Crippen LogP contribution in [0.25, 0.3) is 11.0 Å². The third kappa shape index (κ3) is 4.50. The van der Waals surface area contributed by atoms with Crippen LogP contribution in [0.1, 0.15) is 25.6 Å². The zero-order chi connectivity index (χ0) is 21.1.